The first-order valence-corrected chi connectivity index (χ1v) is 2.28. The zero-order valence-corrected chi connectivity index (χ0v) is 7.27. The Morgan fingerprint density at radius 2 is 1.33 bits per heavy atom. The second-order valence-corrected chi connectivity index (χ2v) is 0.707. The quantitative estimate of drug-likeness (QED) is 0.592. The van der Waals surface area contributed by atoms with Crippen LogP contribution < -0.4 is 0 Å². The summed E-state index contributed by atoms with van der Waals surface area (Å²) < 4.78 is 0. The van der Waals surface area contributed by atoms with Crippen LogP contribution in [0.4, 0.5) is 0 Å². The monoisotopic (exact) mass is 249 g/mol. The fourth-order valence-electron chi connectivity index (χ4n) is 0. The summed E-state index contributed by atoms with van der Waals surface area (Å²) in [5, 5.41) is 1.58. The van der Waals surface area contributed by atoms with Crippen LogP contribution in [0.2, 0.25) is 0 Å². The van der Waals surface area contributed by atoms with E-state index in [0.717, 1.165) is 0 Å². The van der Waals surface area contributed by atoms with Crippen LogP contribution in [0, 0.1) is 38.6 Å². The van der Waals surface area contributed by atoms with E-state index in [1.54, 1.807) is 5.37 Å². The van der Waals surface area contributed by atoms with Gasteiger partial charge in [0.05, 0.1) is 0 Å². The summed E-state index contributed by atoms with van der Waals surface area (Å²) >= 11 is 4.27. The van der Waals surface area contributed by atoms with Crippen molar-refractivity contribution < 1.29 is 38.6 Å². The van der Waals surface area contributed by atoms with E-state index >= 15 is 0 Å². The molecule has 0 aliphatic rings. The molecule has 0 fully saturated rings. The Balaban J connectivity index is -0.0000000275. The third-order valence-corrected chi connectivity index (χ3v) is 0. The summed E-state index contributed by atoms with van der Waals surface area (Å²) in [5.74, 6) is 0. The Labute approximate surface area is 76.1 Å². The van der Waals surface area contributed by atoms with Gasteiger partial charge in [-0.25, -0.2) is 0 Å². The van der Waals surface area contributed by atoms with Gasteiger partial charge in [-0.05, 0) is 12.3 Å². The van der Waals surface area contributed by atoms with Crippen molar-refractivity contribution in [1.82, 2.24) is 0 Å². The van der Waals surface area contributed by atoms with Crippen molar-refractivity contribution in [3.63, 3.8) is 0 Å². The maximum absolute atomic E-state index is 4.27. The summed E-state index contributed by atoms with van der Waals surface area (Å²) in [5.41, 5.74) is 0. The van der Waals surface area contributed by atoms with Gasteiger partial charge in [0.25, 0.3) is 0 Å². The molecular formula is C4H10STb. The molecule has 0 heterocycles. The van der Waals surface area contributed by atoms with Gasteiger partial charge in [0.2, 0.25) is 0 Å². The molecule has 0 N–H and O–H groups in total. The molecule has 0 saturated carbocycles. The minimum absolute atomic E-state index is 0. The molecule has 0 aliphatic heterocycles. The van der Waals surface area contributed by atoms with E-state index in [-0.39, 0.29) is 38.6 Å². The maximum Gasteiger partial charge on any atom is 0 e. The van der Waals surface area contributed by atoms with E-state index in [1.807, 2.05) is 20.8 Å². The van der Waals surface area contributed by atoms with Gasteiger partial charge in [-0.3, -0.25) is 0 Å². The molecule has 0 aromatic carbocycles. The van der Waals surface area contributed by atoms with Crippen LogP contribution in [0.1, 0.15) is 20.8 Å². The first-order valence-electron chi connectivity index (χ1n) is 1.81. The number of hydrogen-bond acceptors (Lipinski definition) is 1. The van der Waals surface area contributed by atoms with Crippen molar-refractivity contribution in [1.29, 1.82) is 0 Å². The molecule has 1 radical (unpaired) electrons. The first kappa shape index (κ1) is 15.7. The van der Waals surface area contributed by atoms with Gasteiger partial charge >= 0.3 is 0 Å². The normalized spacial score (nSPS) is 3.17. The Morgan fingerprint density at radius 3 is 1.33 bits per heavy atom. The van der Waals surface area contributed by atoms with E-state index in [0.29, 0.717) is 0 Å². The van der Waals surface area contributed by atoms with Crippen LogP contribution in [0.5, 0.6) is 0 Å². The summed E-state index contributed by atoms with van der Waals surface area (Å²) in [6.07, 6.45) is 0. The number of rotatable bonds is 0. The number of thiocarbonyl (C=S) groups is 1. The molecule has 0 aromatic rings. The third kappa shape index (κ3) is 54.4. The summed E-state index contributed by atoms with van der Waals surface area (Å²) in [6.45, 7) is 5.81. The van der Waals surface area contributed by atoms with Crippen molar-refractivity contribution in [2.75, 3.05) is 0 Å². The van der Waals surface area contributed by atoms with Crippen molar-refractivity contribution in [2.45, 2.75) is 20.8 Å². The van der Waals surface area contributed by atoms with E-state index in [1.165, 1.54) is 0 Å². The van der Waals surface area contributed by atoms with Crippen LogP contribution in [0.25, 0.3) is 0 Å². The molecule has 0 spiro atoms. The fourth-order valence-corrected chi connectivity index (χ4v) is 0. The van der Waals surface area contributed by atoms with Gasteiger partial charge in [-0.2, -0.15) is 0 Å². The van der Waals surface area contributed by atoms with E-state index in [9.17, 15) is 0 Å². The molecule has 41 valence electrons. The second-order valence-electron chi connectivity index (χ2n) is 0.236. The second kappa shape index (κ2) is 32.6. The fraction of sp³-hybridized carbons (Fsp3) is 0.750. The predicted octanol–water partition coefficient (Wildman–Crippen LogP) is 2.03. The van der Waals surface area contributed by atoms with Crippen LogP contribution in [0.3, 0.4) is 0 Å². The van der Waals surface area contributed by atoms with Gasteiger partial charge < -0.3 is 0 Å². The smallest absolute Gasteiger partial charge is 0 e. The molecule has 0 unspecified atom stereocenters. The van der Waals surface area contributed by atoms with E-state index in [4.69, 9.17) is 0 Å². The van der Waals surface area contributed by atoms with Crippen LogP contribution in [-0.2, 0) is 0 Å². The molecule has 0 bridgehead atoms. The molecule has 0 atom stereocenters. The Bertz CT molecular complexity index is 15.0. The molecule has 0 aromatic heterocycles. The Hall–Kier alpha value is 1.38. The van der Waals surface area contributed by atoms with Crippen LogP contribution in [-0.4, -0.2) is 5.37 Å². The average molecular weight is 249 g/mol. The Morgan fingerprint density at radius 1 is 1.33 bits per heavy atom. The van der Waals surface area contributed by atoms with Gasteiger partial charge in [0.15, 0.2) is 0 Å². The van der Waals surface area contributed by atoms with Crippen molar-refractivity contribution >= 4 is 17.6 Å². The van der Waals surface area contributed by atoms with E-state index < -0.39 is 0 Å². The minimum Gasteiger partial charge on any atom is -0.0938 e. The average Bonchev–Trinajstić information content (AvgIpc) is 1.46. The molecule has 0 aliphatic carbocycles. The Kier molecular flexibility index (Phi) is 85.2. The molecular weight excluding hydrogens is 239 g/mol. The minimum atomic E-state index is 0. The topological polar surface area (TPSA) is 0 Å². The summed E-state index contributed by atoms with van der Waals surface area (Å²) in [7, 11) is 0. The van der Waals surface area contributed by atoms with Crippen LogP contribution >= 0.6 is 12.2 Å². The predicted molar refractivity (Wildman–Crippen MR) is 30.7 cm³/mol. The van der Waals surface area contributed by atoms with Gasteiger partial charge in [-0.15, -0.1) is 0 Å². The molecule has 2 heteroatoms. The summed E-state index contributed by atoms with van der Waals surface area (Å²) in [6, 6.07) is 0. The van der Waals surface area contributed by atoms with Crippen molar-refractivity contribution in [3.05, 3.63) is 0 Å². The zero-order chi connectivity index (χ0) is 4.71. The molecule has 0 nitrogen and oxygen atoms in total. The van der Waals surface area contributed by atoms with E-state index in [2.05, 4.69) is 12.2 Å². The van der Waals surface area contributed by atoms with Gasteiger partial charge in [-0.1, -0.05) is 26.1 Å². The molecule has 6 heavy (non-hydrogen) atoms. The molecule has 0 amide bonds. The standard InChI is InChI=1S/C2H4S.C2H6.Tb/c1-2-3;1-2;/h2H,1H3;1-2H3;. The summed E-state index contributed by atoms with van der Waals surface area (Å²) in [4.78, 5) is 0. The molecule has 0 rings (SSSR count). The number of hydrogen-bond donors (Lipinski definition) is 0. The molecule has 0 saturated heterocycles. The first-order chi connectivity index (χ1) is 2.41. The van der Waals surface area contributed by atoms with Crippen LogP contribution in [0.15, 0.2) is 0 Å². The SMILES string of the molecule is CC.CC=S.[Tb]. The van der Waals surface area contributed by atoms with Gasteiger partial charge in [0.1, 0.15) is 0 Å². The maximum atomic E-state index is 4.27. The largest absolute Gasteiger partial charge is 0.0938 e. The zero-order valence-electron chi connectivity index (χ0n) is 4.32. The third-order valence-electron chi connectivity index (χ3n) is 0. The van der Waals surface area contributed by atoms with Crippen molar-refractivity contribution in [2.24, 2.45) is 0 Å². The van der Waals surface area contributed by atoms with Gasteiger partial charge in [0, 0.05) is 38.6 Å². The van der Waals surface area contributed by atoms with Crippen molar-refractivity contribution in [3.8, 4) is 0 Å².